The van der Waals surface area contributed by atoms with Gasteiger partial charge in [-0.1, -0.05) is 12.1 Å². The minimum Gasteiger partial charge on any atom is -0.494 e. The van der Waals surface area contributed by atoms with Crippen molar-refractivity contribution in [3.8, 4) is 5.75 Å². The van der Waals surface area contributed by atoms with Crippen LogP contribution in [0.4, 0.5) is 10.2 Å². The fourth-order valence-corrected chi connectivity index (χ4v) is 5.73. The number of hydrogen-bond acceptors (Lipinski definition) is 6. The molecular weight excluding hydrogens is 443 g/mol. The lowest BCUT2D eigenvalue weighted by Gasteiger charge is -2.34. The number of benzene rings is 1. The number of rotatable bonds is 7. The van der Waals surface area contributed by atoms with Gasteiger partial charge in [-0.25, -0.2) is 17.8 Å². The molecule has 3 atom stereocenters. The second-order valence-electron chi connectivity index (χ2n) is 9.09. The van der Waals surface area contributed by atoms with Gasteiger partial charge in [0.05, 0.1) is 13.4 Å². The van der Waals surface area contributed by atoms with Crippen molar-refractivity contribution in [3.05, 3.63) is 53.5 Å². The summed E-state index contributed by atoms with van der Waals surface area (Å²) in [6.45, 7) is 4.40. The van der Waals surface area contributed by atoms with Crippen LogP contribution in [0.15, 0.2) is 36.5 Å². The van der Waals surface area contributed by atoms with Crippen molar-refractivity contribution in [2.45, 2.75) is 44.2 Å². The van der Waals surface area contributed by atoms with Gasteiger partial charge in [-0.15, -0.1) is 0 Å². The first-order valence-corrected chi connectivity index (χ1v) is 13.3. The molecule has 1 saturated heterocycles. The second-order valence-corrected chi connectivity index (χ2v) is 11.1. The number of hydrogen-bond donors (Lipinski definition) is 1. The summed E-state index contributed by atoms with van der Waals surface area (Å²) in [5.74, 6) is 1.29. The Balaban J connectivity index is 1.31. The first kappa shape index (κ1) is 23.9. The van der Waals surface area contributed by atoms with Gasteiger partial charge in [0.15, 0.2) is 11.6 Å². The van der Waals surface area contributed by atoms with Gasteiger partial charge in [0.2, 0.25) is 10.0 Å². The lowest BCUT2D eigenvalue weighted by atomic mass is 9.99. The van der Waals surface area contributed by atoms with Crippen LogP contribution in [0.3, 0.4) is 0 Å². The predicted molar refractivity (Wildman–Crippen MR) is 128 cm³/mol. The normalized spacial score (nSPS) is 23.0. The zero-order chi connectivity index (χ0) is 23.6. The molecule has 1 saturated carbocycles. The monoisotopic (exact) mass is 476 g/mol. The van der Waals surface area contributed by atoms with Gasteiger partial charge in [0.1, 0.15) is 5.82 Å². The molecule has 2 heterocycles. The molecule has 3 unspecified atom stereocenters. The van der Waals surface area contributed by atoms with Crippen LogP contribution in [0.5, 0.6) is 5.75 Å². The van der Waals surface area contributed by atoms with Gasteiger partial charge in [-0.2, -0.15) is 4.31 Å². The molecule has 1 N–H and O–H groups in total. The van der Waals surface area contributed by atoms with Crippen LogP contribution in [0.1, 0.15) is 49.3 Å². The SMILES string of the molecule is COc1cc(C(C)NC2CCC(c3ccc(N4CCN(S(C)(=O)=O)CC4)nc3)C2)ccc1F. The maximum absolute atomic E-state index is 13.7. The van der Waals surface area contributed by atoms with Crippen molar-refractivity contribution in [2.24, 2.45) is 0 Å². The fourth-order valence-electron chi connectivity index (χ4n) is 4.91. The minimum atomic E-state index is -3.13. The number of aromatic nitrogens is 1. The van der Waals surface area contributed by atoms with E-state index < -0.39 is 10.0 Å². The fraction of sp³-hybridized carbons (Fsp3) is 0.542. The van der Waals surface area contributed by atoms with E-state index in [1.54, 1.807) is 12.1 Å². The first-order chi connectivity index (χ1) is 15.7. The van der Waals surface area contributed by atoms with Crippen molar-refractivity contribution in [3.63, 3.8) is 0 Å². The third-order valence-electron chi connectivity index (χ3n) is 6.87. The number of anilines is 1. The average molecular weight is 477 g/mol. The Morgan fingerprint density at radius 3 is 2.55 bits per heavy atom. The molecule has 0 radical (unpaired) electrons. The molecule has 0 amide bonds. The molecule has 33 heavy (non-hydrogen) atoms. The number of nitrogens with zero attached hydrogens (tertiary/aromatic N) is 3. The van der Waals surface area contributed by atoms with E-state index in [9.17, 15) is 12.8 Å². The van der Waals surface area contributed by atoms with Crippen molar-refractivity contribution in [1.82, 2.24) is 14.6 Å². The highest BCUT2D eigenvalue weighted by Crippen LogP contribution is 2.36. The molecule has 0 bridgehead atoms. The van der Waals surface area contributed by atoms with Crippen LogP contribution in [0.25, 0.3) is 0 Å². The number of piperazine rings is 1. The molecule has 180 valence electrons. The van der Waals surface area contributed by atoms with E-state index >= 15 is 0 Å². The molecule has 1 aliphatic carbocycles. The average Bonchev–Trinajstić information content (AvgIpc) is 3.27. The van der Waals surface area contributed by atoms with E-state index in [0.29, 0.717) is 38.1 Å². The zero-order valence-electron chi connectivity index (χ0n) is 19.5. The van der Waals surface area contributed by atoms with Crippen molar-refractivity contribution in [1.29, 1.82) is 0 Å². The van der Waals surface area contributed by atoms with Gasteiger partial charge in [-0.05, 0) is 61.4 Å². The topological polar surface area (TPSA) is 74.8 Å². The number of ether oxygens (including phenoxy) is 1. The van der Waals surface area contributed by atoms with Crippen molar-refractivity contribution < 1.29 is 17.5 Å². The van der Waals surface area contributed by atoms with E-state index in [1.807, 2.05) is 6.20 Å². The molecule has 1 aromatic carbocycles. The Labute approximate surface area is 196 Å². The van der Waals surface area contributed by atoms with Gasteiger partial charge in [-0.3, -0.25) is 0 Å². The van der Waals surface area contributed by atoms with E-state index in [4.69, 9.17) is 4.74 Å². The summed E-state index contributed by atoms with van der Waals surface area (Å²) in [7, 11) is -1.65. The Kier molecular flexibility index (Phi) is 7.21. The van der Waals surface area contributed by atoms with Gasteiger partial charge < -0.3 is 15.0 Å². The molecule has 2 aliphatic rings. The van der Waals surface area contributed by atoms with E-state index in [-0.39, 0.29) is 17.6 Å². The number of pyridine rings is 1. The maximum Gasteiger partial charge on any atom is 0.211 e. The van der Waals surface area contributed by atoms with Gasteiger partial charge in [0, 0.05) is 44.5 Å². The lowest BCUT2D eigenvalue weighted by Crippen LogP contribution is -2.48. The highest BCUT2D eigenvalue weighted by atomic mass is 32.2. The summed E-state index contributed by atoms with van der Waals surface area (Å²) < 4.78 is 43.7. The molecule has 1 aromatic heterocycles. The molecule has 9 heteroatoms. The Hall–Kier alpha value is -2.23. The second kappa shape index (κ2) is 9.95. The Bertz CT molecular complexity index is 1060. The van der Waals surface area contributed by atoms with Crippen LogP contribution in [0.2, 0.25) is 0 Å². The number of nitrogens with one attached hydrogen (secondary N) is 1. The smallest absolute Gasteiger partial charge is 0.211 e. The minimum absolute atomic E-state index is 0.106. The highest BCUT2D eigenvalue weighted by Gasteiger charge is 2.28. The zero-order valence-corrected chi connectivity index (χ0v) is 20.3. The van der Waals surface area contributed by atoms with Crippen LogP contribution in [0, 0.1) is 5.82 Å². The summed E-state index contributed by atoms with van der Waals surface area (Å²) in [6, 6.07) is 9.74. The van der Waals surface area contributed by atoms with E-state index in [2.05, 4.69) is 34.3 Å². The van der Waals surface area contributed by atoms with Crippen LogP contribution < -0.4 is 15.0 Å². The number of halogens is 1. The molecule has 1 aliphatic heterocycles. The highest BCUT2D eigenvalue weighted by molar-refractivity contribution is 7.88. The first-order valence-electron chi connectivity index (χ1n) is 11.5. The largest absolute Gasteiger partial charge is 0.494 e. The third kappa shape index (κ3) is 5.65. The molecule has 4 rings (SSSR count). The van der Waals surface area contributed by atoms with Gasteiger partial charge in [0.25, 0.3) is 0 Å². The predicted octanol–water partition coefficient (Wildman–Crippen LogP) is 3.30. The Morgan fingerprint density at radius 1 is 1.15 bits per heavy atom. The van der Waals surface area contributed by atoms with Crippen LogP contribution >= 0.6 is 0 Å². The molecule has 7 nitrogen and oxygen atoms in total. The third-order valence-corrected chi connectivity index (χ3v) is 8.17. The van der Waals surface area contributed by atoms with Crippen LogP contribution in [-0.2, 0) is 10.0 Å². The van der Waals surface area contributed by atoms with E-state index in [0.717, 1.165) is 30.6 Å². The van der Waals surface area contributed by atoms with Crippen LogP contribution in [-0.4, -0.2) is 63.3 Å². The van der Waals surface area contributed by atoms with Crippen molar-refractivity contribution >= 4 is 15.8 Å². The standard InChI is InChI=1S/C24H33FN4O3S/c1-17(18-5-8-22(25)23(15-18)32-2)27-21-7-4-19(14-21)20-6-9-24(26-16-20)28-10-12-29(13-11-28)33(3,30)31/h5-6,8-9,15-17,19,21,27H,4,7,10-14H2,1-3H3. The molecule has 2 aromatic rings. The molecular formula is C24H33FN4O3S. The molecule has 2 fully saturated rings. The summed E-state index contributed by atoms with van der Waals surface area (Å²) in [5.41, 5.74) is 2.26. The van der Waals surface area contributed by atoms with Crippen molar-refractivity contribution in [2.75, 3.05) is 44.4 Å². The molecule has 0 spiro atoms. The quantitative estimate of drug-likeness (QED) is 0.661. The van der Waals surface area contributed by atoms with E-state index in [1.165, 1.54) is 29.3 Å². The van der Waals surface area contributed by atoms with Gasteiger partial charge >= 0.3 is 0 Å². The summed E-state index contributed by atoms with van der Waals surface area (Å²) in [5, 5.41) is 3.68. The summed E-state index contributed by atoms with van der Waals surface area (Å²) in [4.78, 5) is 6.83. The summed E-state index contributed by atoms with van der Waals surface area (Å²) >= 11 is 0. The Morgan fingerprint density at radius 2 is 1.91 bits per heavy atom. The number of methoxy groups -OCH3 is 1. The maximum atomic E-state index is 13.7. The number of sulfonamides is 1. The summed E-state index contributed by atoms with van der Waals surface area (Å²) in [6.07, 6.45) is 6.46. The lowest BCUT2D eigenvalue weighted by molar-refractivity contribution is 0.384.